The van der Waals surface area contributed by atoms with E-state index in [1.165, 1.54) is 205 Å². The Morgan fingerprint density at radius 3 is 0.717 bits per heavy atom. The second-order valence-corrected chi connectivity index (χ2v) is 31.4. The zero-order valence-electron chi connectivity index (χ0n) is 65.3. The average Bonchev–Trinajstić information content (AvgIpc) is 0.715. The Morgan fingerprint density at radius 2 is 0.443 bits per heavy atom. The van der Waals surface area contributed by atoms with Crippen molar-refractivity contribution in [3.8, 4) is 0 Å². The molecule has 0 aliphatic heterocycles. The van der Waals surface area contributed by atoms with Crippen molar-refractivity contribution in [2.24, 2.45) is 0 Å². The maximum Gasteiger partial charge on any atom is 0.0543 e. The van der Waals surface area contributed by atoms with Gasteiger partial charge in [-0.15, -0.1) is 0 Å². The zero-order valence-corrected chi connectivity index (χ0v) is 65.3. The van der Waals surface area contributed by atoms with Gasteiger partial charge in [0.05, 0.1) is 45.5 Å². The van der Waals surface area contributed by atoms with Crippen LogP contribution in [0.3, 0.4) is 0 Å². The minimum atomic E-state index is 0.330. The molecule has 4 heteroatoms. The summed E-state index contributed by atoms with van der Waals surface area (Å²) in [6, 6.07) is 96.3. The lowest BCUT2D eigenvalue weighted by Gasteiger charge is -2.32. The molecule has 0 radical (unpaired) electrons. The van der Waals surface area contributed by atoms with Crippen LogP contribution in [0.2, 0.25) is 0 Å². The van der Waals surface area contributed by atoms with E-state index in [2.05, 4.69) is 399 Å². The van der Waals surface area contributed by atoms with Crippen molar-refractivity contribution in [1.29, 1.82) is 0 Å². The molecule has 0 N–H and O–H groups in total. The van der Waals surface area contributed by atoms with Crippen molar-refractivity contribution >= 4 is 133 Å². The van der Waals surface area contributed by atoms with Crippen LogP contribution in [0.15, 0.2) is 255 Å². The third kappa shape index (κ3) is 12.4. The van der Waals surface area contributed by atoms with Gasteiger partial charge < -0.3 is 19.6 Å². The Kier molecular flexibility index (Phi) is 18.8. The van der Waals surface area contributed by atoms with Crippen LogP contribution >= 0.6 is 0 Å². The molecular formula is C102H100N4. The van der Waals surface area contributed by atoms with E-state index < -0.39 is 0 Å². The van der Waals surface area contributed by atoms with Crippen molar-refractivity contribution in [3.05, 3.63) is 333 Å². The predicted molar refractivity (Wildman–Crippen MR) is 463 cm³/mol. The van der Waals surface area contributed by atoms with Gasteiger partial charge >= 0.3 is 0 Å². The van der Waals surface area contributed by atoms with E-state index in [0.29, 0.717) is 23.7 Å². The lowest BCUT2D eigenvalue weighted by atomic mass is 9.86. The van der Waals surface area contributed by atoms with E-state index in [4.69, 9.17) is 0 Å². The molecule has 0 heterocycles. The standard InChI is InChI=1S/C53H54N2.C49H46N2/c1-32(2)39-17-23-42(24-18-39)54(52-35(7)13-11-14-36(52)8)48-30-22-41-21-27-46-49(31-47(34(5)6)44-28-29-45(48)50(41)51(44)46)55(53-37(9)15-12-16-38(53)10)43-25-19-40(20-26-43)33(3)4;1-30(2)43-29-45(51(39-23-17-32(4)18-24-39)49-35(7)13-10-14-36(49)8)42-25-19-37-20-28-44(41-27-26-40(43)47(42)46(37)41)50(38-21-15-31(3)16-22-38)48-33(5)11-9-12-34(48)6/h11-34H,1-10H3;9-30H,1-8H3. The van der Waals surface area contributed by atoms with E-state index in [9.17, 15) is 0 Å². The number of aryl methyl sites for hydroxylation is 10. The fourth-order valence-corrected chi connectivity index (χ4v) is 17.1. The van der Waals surface area contributed by atoms with Crippen molar-refractivity contribution < 1.29 is 0 Å². The van der Waals surface area contributed by atoms with Gasteiger partial charge in [-0.2, -0.15) is 0 Å². The second-order valence-electron chi connectivity index (χ2n) is 31.4. The zero-order chi connectivity index (χ0) is 74.3. The Balaban J connectivity index is 0.000000170. The molecule has 0 aromatic heterocycles. The highest BCUT2D eigenvalue weighted by atomic mass is 15.2. The summed E-state index contributed by atoms with van der Waals surface area (Å²) in [7, 11) is 0. The summed E-state index contributed by atoms with van der Waals surface area (Å²) < 4.78 is 0. The SMILES string of the molecule is Cc1ccc(N(c2c(C)cccc2C)c2ccc3ccc4c(N(c5ccc(C)cc5)c5c(C)cccc5C)cc(C(C)C)c5ccc2c3c54)cc1.Cc1cccc(C)c1N(c1ccc(C(C)C)cc1)c1ccc2ccc3c(N(c4ccc(C(C)C)cc4)c4c(C)cccc4C)cc(C(C)C)c4ccc1c2c43. The summed E-state index contributed by atoms with van der Waals surface area (Å²) in [6.07, 6.45) is 0. The highest BCUT2D eigenvalue weighted by molar-refractivity contribution is 6.30. The predicted octanol–water partition coefficient (Wildman–Crippen LogP) is 30.6. The van der Waals surface area contributed by atoms with Gasteiger partial charge in [0.25, 0.3) is 0 Å². The molecule has 0 aliphatic carbocycles. The van der Waals surface area contributed by atoms with Gasteiger partial charge in [-0.05, 0) is 276 Å². The molecule has 0 saturated heterocycles. The minimum absolute atomic E-state index is 0.330. The van der Waals surface area contributed by atoms with Gasteiger partial charge in [0.1, 0.15) is 0 Å². The van der Waals surface area contributed by atoms with Crippen LogP contribution in [0.1, 0.15) is 157 Å². The van der Waals surface area contributed by atoms with Crippen LogP contribution in [-0.2, 0) is 0 Å². The Morgan fingerprint density at radius 1 is 0.208 bits per heavy atom. The number of nitrogens with zero attached hydrogens (tertiary/aromatic N) is 4. The number of hydrogen-bond donors (Lipinski definition) is 0. The number of benzene rings is 16. The fraction of sp³-hybridized carbons (Fsp3) is 0.216. The summed E-state index contributed by atoms with van der Waals surface area (Å²) in [5, 5.41) is 15.6. The first-order valence-corrected chi connectivity index (χ1v) is 38.3. The van der Waals surface area contributed by atoms with E-state index >= 15 is 0 Å². The quantitative estimate of drug-likeness (QED) is 0.0894. The van der Waals surface area contributed by atoms with Crippen LogP contribution in [0, 0.1) is 69.2 Å². The molecule has 4 nitrogen and oxygen atoms in total. The van der Waals surface area contributed by atoms with E-state index in [1.54, 1.807) is 0 Å². The molecule has 16 rings (SSSR count). The Bertz CT molecular complexity index is 5870. The van der Waals surface area contributed by atoms with Crippen LogP contribution < -0.4 is 19.6 Å². The van der Waals surface area contributed by atoms with E-state index in [1.807, 2.05) is 0 Å². The number of anilines is 12. The van der Waals surface area contributed by atoms with Gasteiger partial charge in [-0.1, -0.05) is 249 Å². The smallest absolute Gasteiger partial charge is 0.0543 e. The first-order chi connectivity index (χ1) is 51.1. The third-order valence-electron chi connectivity index (χ3n) is 22.6. The summed E-state index contributed by atoms with van der Waals surface area (Å²) in [5.74, 6) is 1.61. The summed E-state index contributed by atoms with van der Waals surface area (Å²) in [4.78, 5) is 10.0. The van der Waals surface area contributed by atoms with Gasteiger partial charge in [0.2, 0.25) is 0 Å². The first kappa shape index (κ1) is 70.5. The summed E-state index contributed by atoms with van der Waals surface area (Å²) in [6.45, 7) is 40.6. The maximum absolute atomic E-state index is 2.53. The van der Waals surface area contributed by atoms with Crippen LogP contribution in [0.5, 0.6) is 0 Å². The normalized spacial score (nSPS) is 11.8. The molecule has 16 aromatic carbocycles. The lowest BCUT2D eigenvalue weighted by molar-refractivity contribution is 0.866. The minimum Gasteiger partial charge on any atom is -0.309 e. The monoisotopic (exact) mass is 1380 g/mol. The van der Waals surface area contributed by atoms with Crippen LogP contribution in [-0.4, -0.2) is 0 Å². The lowest BCUT2D eigenvalue weighted by Crippen LogP contribution is -2.15. The summed E-state index contributed by atoms with van der Waals surface area (Å²) in [5.41, 5.74) is 32.5. The number of rotatable bonds is 16. The largest absolute Gasteiger partial charge is 0.309 e. The highest BCUT2D eigenvalue weighted by Crippen LogP contribution is 2.54. The molecule has 0 amide bonds. The Labute approximate surface area is 629 Å². The molecular weight excluding hydrogens is 1280 g/mol. The van der Waals surface area contributed by atoms with E-state index in [-0.39, 0.29) is 0 Å². The molecule has 0 atom stereocenters. The van der Waals surface area contributed by atoms with Gasteiger partial charge in [-0.25, -0.2) is 0 Å². The van der Waals surface area contributed by atoms with Crippen LogP contribution in [0.4, 0.5) is 68.2 Å². The van der Waals surface area contributed by atoms with Crippen LogP contribution in [0.25, 0.3) is 64.6 Å². The first-order valence-electron chi connectivity index (χ1n) is 38.3. The number of hydrogen-bond acceptors (Lipinski definition) is 4. The average molecular weight is 1380 g/mol. The summed E-state index contributed by atoms with van der Waals surface area (Å²) >= 11 is 0. The molecule has 0 saturated carbocycles. The fourth-order valence-electron chi connectivity index (χ4n) is 17.1. The van der Waals surface area contributed by atoms with Crippen molar-refractivity contribution in [3.63, 3.8) is 0 Å². The van der Waals surface area contributed by atoms with Gasteiger partial charge in [0.15, 0.2) is 0 Å². The molecule has 0 fully saturated rings. The second kappa shape index (κ2) is 28.4. The molecule has 0 unspecified atom stereocenters. The highest BCUT2D eigenvalue weighted by Gasteiger charge is 2.30. The molecule has 0 aliphatic rings. The molecule has 16 aromatic rings. The van der Waals surface area contributed by atoms with Crippen molar-refractivity contribution in [1.82, 2.24) is 0 Å². The van der Waals surface area contributed by atoms with Crippen molar-refractivity contribution in [2.45, 2.75) is 148 Å². The molecule has 106 heavy (non-hydrogen) atoms. The molecule has 0 bridgehead atoms. The topological polar surface area (TPSA) is 13.0 Å². The van der Waals surface area contributed by atoms with Gasteiger partial charge in [0, 0.05) is 44.3 Å². The third-order valence-corrected chi connectivity index (χ3v) is 22.6. The number of para-hydroxylation sites is 4. The molecule has 0 spiro atoms. The van der Waals surface area contributed by atoms with Crippen molar-refractivity contribution in [2.75, 3.05) is 19.6 Å². The maximum atomic E-state index is 2.53. The molecule has 528 valence electrons. The van der Waals surface area contributed by atoms with E-state index in [0.717, 1.165) is 5.69 Å². The van der Waals surface area contributed by atoms with Gasteiger partial charge in [-0.3, -0.25) is 0 Å². The Hall–Kier alpha value is -11.2.